The highest BCUT2D eigenvalue weighted by Gasteiger charge is 2.10. The molecule has 0 spiro atoms. The van der Waals surface area contributed by atoms with Crippen LogP contribution >= 0.6 is 0 Å². The molecule has 27 heavy (non-hydrogen) atoms. The van der Waals surface area contributed by atoms with Gasteiger partial charge in [0.1, 0.15) is 0 Å². The summed E-state index contributed by atoms with van der Waals surface area (Å²) >= 11 is 0. The Labute approximate surface area is 167 Å². The lowest BCUT2D eigenvalue weighted by Gasteiger charge is -2.13. The Balaban J connectivity index is 0.000000271. The number of allylic oxidation sites excluding steroid dienone is 5. The van der Waals surface area contributed by atoms with E-state index in [1.54, 1.807) is 0 Å². The Bertz CT molecular complexity index is 565. The summed E-state index contributed by atoms with van der Waals surface area (Å²) in [5.74, 6) is 0. The third kappa shape index (κ3) is 11.3. The molecule has 2 heteroatoms. The second kappa shape index (κ2) is 15.0. The first-order valence-corrected chi connectivity index (χ1v) is 10.3. The maximum atomic E-state index is 3.95. The minimum atomic E-state index is 0.966. The lowest BCUT2D eigenvalue weighted by atomic mass is 10.1. The highest BCUT2D eigenvalue weighted by atomic mass is 15.1. The fourth-order valence-electron chi connectivity index (χ4n) is 3.20. The number of nitrogens with one attached hydrogen (secondary N) is 1. The van der Waals surface area contributed by atoms with Crippen molar-refractivity contribution in [1.82, 2.24) is 10.2 Å². The van der Waals surface area contributed by atoms with Crippen molar-refractivity contribution in [3.8, 4) is 0 Å². The molecule has 0 unspecified atom stereocenters. The van der Waals surface area contributed by atoms with Crippen LogP contribution in [0.1, 0.15) is 44.6 Å². The summed E-state index contributed by atoms with van der Waals surface area (Å²) in [6, 6.07) is 10.5. The Kier molecular flexibility index (Phi) is 12.8. The van der Waals surface area contributed by atoms with Crippen LogP contribution in [0.5, 0.6) is 0 Å². The van der Waals surface area contributed by atoms with Crippen LogP contribution in [0.4, 0.5) is 0 Å². The molecule has 1 fully saturated rings. The first-order chi connectivity index (χ1) is 13.2. The Morgan fingerprint density at radius 3 is 2.41 bits per heavy atom. The number of likely N-dealkylation sites (tertiary alicyclic amines) is 1. The van der Waals surface area contributed by atoms with Crippen molar-refractivity contribution in [2.45, 2.75) is 45.4 Å². The molecule has 0 atom stereocenters. The highest BCUT2D eigenvalue weighted by Crippen LogP contribution is 2.11. The monoisotopic (exact) mass is 366 g/mol. The van der Waals surface area contributed by atoms with E-state index in [0.717, 1.165) is 31.5 Å². The second-order valence-corrected chi connectivity index (χ2v) is 6.95. The van der Waals surface area contributed by atoms with Crippen molar-refractivity contribution >= 4 is 0 Å². The van der Waals surface area contributed by atoms with Gasteiger partial charge in [0.05, 0.1) is 0 Å². The van der Waals surface area contributed by atoms with Crippen LogP contribution in [0.3, 0.4) is 0 Å². The van der Waals surface area contributed by atoms with Gasteiger partial charge in [-0.1, -0.05) is 68.3 Å². The van der Waals surface area contributed by atoms with Gasteiger partial charge in [0.15, 0.2) is 0 Å². The summed E-state index contributed by atoms with van der Waals surface area (Å²) < 4.78 is 0. The lowest BCUT2D eigenvalue weighted by Crippen LogP contribution is -2.20. The van der Waals surface area contributed by atoms with E-state index in [1.807, 2.05) is 18.2 Å². The Hall–Kier alpha value is -2.06. The van der Waals surface area contributed by atoms with E-state index in [1.165, 1.54) is 50.0 Å². The molecule has 1 heterocycles. The van der Waals surface area contributed by atoms with E-state index in [0.29, 0.717) is 0 Å². The van der Waals surface area contributed by atoms with Crippen LogP contribution in [-0.2, 0) is 6.42 Å². The molecule has 2 rings (SSSR count). The van der Waals surface area contributed by atoms with Crippen LogP contribution < -0.4 is 5.32 Å². The topological polar surface area (TPSA) is 15.3 Å². The quantitative estimate of drug-likeness (QED) is 0.490. The van der Waals surface area contributed by atoms with Gasteiger partial charge >= 0.3 is 0 Å². The molecule has 148 valence electrons. The van der Waals surface area contributed by atoms with Gasteiger partial charge in [-0.15, -0.1) is 0 Å². The molecule has 1 aromatic carbocycles. The minimum Gasteiger partial charge on any atom is -0.389 e. The molecule has 1 aliphatic rings. The molecular weight excluding hydrogens is 328 g/mol. The lowest BCUT2D eigenvalue weighted by molar-refractivity contribution is 0.334. The number of aryl methyl sites for hydroxylation is 1. The molecule has 0 aromatic heterocycles. The average Bonchev–Trinajstić information content (AvgIpc) is 3.21. The number of nitrogens with zero attached hydrogens (tertiary/aromatic N) is 1. The zero-order chi connectivity index (χ0) is 19.7. The van der Waals surface area contributed by atoms with Gasteiger partial charge in [-0.25, -0.2) is 0 Å². The fraction of sp³-hybridized carbons (Fsp3) is 0.440. The van der Waals surface area contributed by atoms with Crippen molar-refractivity contribution < 1.29 is 0 Å². The van der Waals surface area contributed by atoms with Gasteiger partial charge in [0.25, 0.3) is 0 Å². The van der Waals surface area contributed by atoms with Crippen LogP contribution in [0.2, 0.25) is 0 Å². The van der Waals surface area contributed by atoms with E-state index < -0.39 is 0 Å². The van der Waals surface area contributed by atoms with Crippen LogP contribution in [0.25, 0.3) is 0 Å². The standard InChI is InChI=1S/C13H21N.C12H17N/c1-3-8-13(4-2)9-7-12-14-10-5-6-11-14;1-3-13-11(2)9-10-12-7-5-4-6-8-12/h3-4,8H,1-2,5-7,9-12H2;4-8,13H,2-3,9-10H2,1H3/b13-8+;. The molecule has 1 aromatic rings. The first-order valence-electron chi connectivity index (χ1n) is 10.3. The number of benzene rings is 1. The predicted octanol–water partition coefficient (Wildman–Crippen LogP) is 5.90. The molecule has 1 N–H and O–H groups in total. The second-order valence-electron chi connectivity index (χ2n) is 6.95. The Morgan fingerprint density at radius 2 is 1.81 bits per heavy atom. The van der Waals surface area contributed by atoms with Crippen LogP contribution in [0, 0.1) is 0 Å². The predicted molar refractivity (Wildman–Crippen MR) is 121 cm³/mol. The van der Waals surface area contributed by atoms with Crippen molar-refractivity contribution in [2.24, 2.45) is 0 Å². The fourth-order valence-corrected chi connectivity index (χ4v) is 3.20. The molecule has 0 aliphatic carbocycles. The van der Waals surface area contributed by atoms with Crippen molar-refractivity contribution in [2.75, 3.05) is 26.2 Å². The van der Waals surface area contributed by atoms with Crippen LogP contribution in [-0.4, -0.2) is 31.1 Å². The van der Waals surface area contributed by atoms with Gasteiger partial charge in [-0.2, -0.15) is 0 Å². The van der Waals surface area contributed by atoms with Gasteiger partial charge in [-0.05, 0) is 76.2 Å². The highest BCUT2D eigenvalue weighted by molar-refractivity contribution is 5.20. The summed E-state index contributed by atoms with van der Waals surface area (Å²) in [5.41, 5.74) is 3.81. The summed E-state index contributed by atoms with van der Waals surface area (Å²) in [4.78, 5) is 2.55. The summed E-state index contributed by atoms with van der Waals surface area (Å²) in [7, 11) is 0. The smallest absolute Gasteiger partial charge is 0.0115 e. The zero-order valence-corrected chi connectivity index (χ0v) is 17.3. The number of hydrogen-bond acceptors (Lipinski definition) is 2. The van der Waals surface area contributed by atoms with Crippen molar-refractivity contribution in [3.05, 3.63) is 85.1 Å². The molecule has 1 saturated heterocycles. The third-order valence-corrected chi connectivity index (χ3v) is 4.72. The summed E-state index contributed by atoms with van der Waals surface area (Å²) in [6.45, 7) is 18.3. The normalized spacial score (nSPS) is 14.2. The summed E-state index contributed by atoms with van der Waals surface area (Å²) in [6.07, 6.45) is 13.1. The SMILES string of the molecule is C=C(CCc1ccccc1)NCC.C=C/C=C(\C=C)CCCN1CCCC1. The molecule has 2 nitrogen and oxygen atoms in total. The van der Waals surface area contributed by atoms with Gasteiger partial charge < -0.3 is 10.2 Å². The van der Waals surface area contributed by atoms with E-state index in [-0.39, 0.29) is 0 Å². The van der Waals surface area contributed by atoms with Crippen LogP contribution in [0.15, 0.2) is 79.6 Å². The molecule has 0 bridgehead atoms. The molecule has 0 amide bonds. The van der Waals surface area contributed by atoms with Gasteiger partial charge in [-0.3, -0.25) is 0 Å². The molecule has 0 saturated carbocycles. The van der Waals surface area contributed by atoms with Crippen molar-refractivity contribution in [1.29, 1.82) is 0 Å². The number of rotatable bonds is 11. The minimum absolute atomic E-state index is 0.966. The van der Waals surface area contributed by atoms with Gasteiger partial charge in [0.2, 0.25) is 0 Å². The van der Waals surface area contributed by atoms with Crippen molar-refractivity contribution in [3.63, 3.8) is 0 Å². The molecule has 1 aliphatic heterocycles. The van der Waals surface area contributed by atoms with E-state index in [4.69, 9.17) is 0 Å². The average molecular weight is 367 g/mol. The summed E-state index contributed by atoms with van der Waals surface area (Å²) in [5, 5.41) is 3.22. The van der Waals surface area contributed by atoms with E-state index in [2.05, 4.69) is 67.2 Å². The molecular formula is C25H38N2. The maximum Gasteiger partial charge on any atom is 0.0115 e. The third-order valence-electron chi connectivity index (χ3n) is 4.72. The molecule has 0 radical (unpaired) electrons. The Morgan fingerprint density at radius 1 is 1.11 bits per heavy atom. The van der Waals surface area contributed by atoms with E-state index >= 15 is 0 Å². The first kappa shape index (κ1) is 23.0. The number of hydrogen-bond donors (Lipinski definition) is 1. The maximum absolute atomic E-state index is 3.95. The van der Waals surface area contributed by atoms with E-state index in [9.17, 15) is 0 Å². The largest absolute Gasteiger partial charge is 0.389 e. The van der Waals surface area contributed by atoms with Gasteiger partial charge in [0, 0.05) is 12.2 Å². The zero-order valence-electron chi connectivity index (χ0n) is 17.3.